The monoisotopic (exact) mass is 413 g/mol. The largest absolute Gasteiger partial charge is 0.497 e. The second-order valence-electron chi connectivity index (χ2n) is 6.11. The van der Waals surface area contributed by atoms with Crippen molar-refractivity contribution in [2.45, 2.75) is 13.5 Å². The fourth-order valence-electron chi connectivity index (χ4n) is 2.68. The van der Waals surface area contributed by atoms with E-state index in [1.54, 1.807) is 50.4 Å². The van der Waals surface area contributed by atoms with Gasteiger partial charge in [0.05, 0.1) is 26.9 Å². The predicted octanol–water partition coefficient (Wildman–Crippen LogP) is 1.99. The van der Waals surface area contributed by atoms with Crippen LogP contribution in [0, 0.1) is 0 Å². The first-order valence-electron chi connectivity index (χ1n) is 9.34. The molecule has 0 unspecified atom stereocenters. The first-order valence-corrected chi connectivity index (χ1v) is 9.34. The molecule has 0 saturated heterocycles. The number of ether oxygens (including phenoxy) is 4. The van der Waals surface area contributed by atoms with Gasteiger partial charge in [-0.1, -0.05) is 5.21 Å². The van der Waals surface area contributed by atoms with Crippen LogP contribution in [0.15, 0.2) is 36.7 Å². The Bertz CT molecular complexity index is 957. The number of rotatable bonds is 10. The minimum Gasteiger partial charge on any atom is -0.497 e. The molecule has 2 heterocycles. The van der Waals surface area contributed by atoms with Gasteiger partial charge in [0.2, 0.25) is 0 Å². The van der Waals surface area contributed by atoms with E-state index in [-0.39, 0.29) is 18.3 Å². The van der Waals surface area contributed by atoms with Crippen LogP contribution in [0.4, 0.5) is 0 Å². The summed E-state index contributed by atoms with van der Waals surface area (Å²) in [7, 11) is 3.18. The summed E-state index contributed by atoms with van der Waals surface area (Å²) in [5.41, 5.74) is 2.20. The minimum absolute atomic E-state index is 0.141. The maximum absolute atomic E-state index is 12.4. The molecule has 0 radical (unpaired) electrons. The highest BCUT2D eigenvalue weighted by Gasteiger charge is 2.22. The van der Waals surface area contributed by atoms with Crippen molar-refractivity contribution in [1.29, 1.82) is 0 Å². The highest BCUT2D eigenvalue weighted by molar-refractivity contribution is 5.94. The molecule has 2 aromatic heterocycles. The number of hydrogen-bond acceptors (Lipinski definition) is 9. The Labute approximate surface area is 173 Å². The number of carbonyl (C=O) groups excluding carboxylic acids is 1. The van der Waals surface area contributed by atoms with E-state index in [2.05, 4.69) is 20.3 Å². The average molecular weight is 413 g/mol. The van der Waals surface area contributed by atoms with Crippen LogP contribution in [0.1, 0.15) is 23.0 Å². The van der Waals surface area contributed by atoms with Gasteiger partial charge in [0.25, 0.3) is 0 Å². The smallest absolute Gasteiger partial charge is 0.361 e. The van der Waals surface area contributed by atoms with Crippen LogP contribution < -0.4 is 9.47 Å². The van der Waals surface area contributed by atoms with Crippen molar-refractivity contribution in [2.75, 3.05) is 34.0 Å². The van der Waals surface area contributed by atoms with Gasteiger partial charge in [0, 0.05) is 30.6 Å². The lowest BCUT2D eigenvalue weighted by molar-refractivity contribution is 0.0520. The fourth-order valence-corrected chi connectivity index (χ4v) is 2.68. The van der Waals surface area contributed by atoms with Crippen molar-refractivity contribution in [3.05, 3.63) is 47.9 Å². The number of nitrogens with zero attached hydrogens (tertiary/aromatic N) is 5. The molecule has 0 amide bonds. The Balaban J connectivity index is 1.87. The van der Waals surface area contributed by atoms with Gasteiger partial charge < -0.3 is 18.9 Å². The van der Waals surface area contributed by atoms with Gasteiger partial charge in [0.15, 0.2) is 5.69 Å². The molecule has 0 aliphatic rings. The summed E-state index contributed by atoms with van der Waals surface area (Å²) in [6.45, 7) is 3.11. The predicted molar refractivity (Wildman–Crippen MR) is 106 cm³/mol. The van der Waals surface area contributed by atoms with Crippen molar-refractivity contribution >= 4 is 5.97 Å². The van der Waals surface area contributed by atoms with Gasteiger partial charge >= 0.3 is 12.0 Å². The molecule has 0 spiro atoms. The average Bonchev–Trinajstić information content (AvgIpc) is 3.19. The van der Waals surface area contributed by atoms with Crippen LogP contribution in [0.3, 0.4) is 0 Å². The van der Waals surface area contributed by atoms with Crippen molar-refractivity contribution < 1.29 is 23.7 Å². The SMILES string of the molecule is CCOC(=O)c1nnn(Cc2cnc(OCCOC)nc2)c1-c1ccc(OC)cc1. The summed E-state index contributed by atoms with van der Waals surface area (Å²) in [5.74, 6) is 0.167. The van der Waals surface area contributed by atoms with Crippen LogP contribution in [0.5, 0.6) is 11.8 Å². The third kappa shape index (κ3) is 5.09. The quantitative estimate of drug-likeness (QED) is 0.364. The molecule has 158 valence electrons. The van der Waals surface area contributed by atoms with Crippen molar-refractivity contribution in [1.82, 2.24) is 25.0 Å². The summed E-state index contributed by atoms with van der Waals surface area (Å²) in [6.07, 6.45) is 3.28. The van der Waals surface area contributed by atoms with E-state index in [1.165, 1.54) is 0 Å². The highest BCUT2D eigenvalue weighted by atomic mass is 16.5. The number of esters is 1. The lowest BCUT2D eigenvalue weighted by atomic mass is 10.1. The number of carbonyl (C=O) groups is 1. The van der Waals surface area contributed by atoms with E-state index < -0.39 is 5.97 Å². The third-order valence-electron chi connectivity index (χ3n) is 4.10. The zero-order valence-electron chi connectivity index (χ0n) is 17.1. The molecular formula is C20H23N5O5. The molecule has 0 N–H and O–H groups in total. The molecule has 0 bridgehead atoms. The third-order valence-corrected chi connectivity index (χ3v) is 4.10. The van der Waals surface area contributed by atoms with Crippen LogP contribution in [0.25, 0.3) is 11.3 Å². The lowest BCUT2D eigenvalue weighted by Crippen LogP contribution is -2.10. The van der Waals surface area contributed by atoms with Crippen LogP contribution in [-0.2, 0) is 16.0 Å². The highest BCUT2D eigenvalue weighted by Crippen LogP contribution is 2.26. The van der Waals surface area contributed by atoms with Gasteiger partial charge in [-0.3, -0.25) is 0 Å². The molecule has 3 rings (SSSR count). The van der Waals surface area contributed by atoms with E-state index in [0.29, 0.717) is 31.2 Å². The topological polar surface area (TPSA) is 110 Å². The second-order valence-corrected chi connectivity index (χ2v) is 6.11. The molecule has 0 atom stereocenters. The van der Waals surface area contributed by atoms with Gasteiger partial charge in [-0.15, -0.1) is 5.10 Å². The van der Waals surface area contributed by atoms with Crippen molar-refractivity contribution in [3.63, 3.8) is 0 Å². The standard InChI is InChI=1S/C20H23N5O5/c1-4-29-19(26)17-18(15-5-7-16(28-3)8-6-15)25(24-23-17)13-14-11-21-20(22-12-14)30-10-9-27-2/h5-8,11-12H,4,9-10,13H2,1-3H3. The second kappa shape index (κ2) is 10.3. The maximum Gasteiger partial charge on any atom is 0.361 e. The Hall–Kier alpha value is -3.53. The van der Waals surface area contributed by atoms with Gasteiger partial charge in [-0.25, -0.2) is 19.4 Å². The fraction of sp³-hybridized carbons (Fsp3) is 0.350. The number of hydrogen-bond donors (Lipinski definition) is 0. The minimum atomic E-state index is -0.535. The van der Waals surface area contributed by atoms with E-state index in [0.717, 1.165) is 11.1 Å². The molecule has 30 heavy (non-hydrogen) atoms. The molecule has 0 aliphatic carbocycles. The molecule has 0 aliphatic heterocycles. The Morgan fingerprint density at radius 2 is 1.80 bits per heavy atom. The summed E-state index contributed by atoms with van der Waals surface area (Å²) in [6, 6.07) is 7.53. The van der Waals surface area contributed by atoms with E-state index in [1.807, 2.05) is 12.1 Å². The van der Waals surface area contributed by atoms with Crippen molar-refractivity contribution in [3.8, 4) is 23.0 Å². The molecule has 10 nitrogen and oxygen atoms in total. The molecule has 1 aromatic carbocycles. The zero-order chi connectivity index (χ0) is 21.3. The number of methoxy groups -OCH3 is 2. The summed E-state index contributed by atoms with van der Waals surface area (Å²) in [5, 5.41) is 8.19. The lowest BCUT2D eigenvalue weighted by Gasteiger charge is -2.09. The summed E-state index contributed by atoms with van der Waals surface area (Å²) in [4.78, 5) is 20.8. The number of benzene rings is 1. The van der Waals surface area contributed by atoms with Crippen molar-refractivity contribution in [2.24, 2.45) is 0 Å². The normalized spacial score (nSPS) is 10.6. The maximum atomic E-state index is 12.4. The Morgan fingerprint density at radius 3 is 2.43 bits per heavy atom. The molecular weight excluding hydrogens is 390 g/mol. The molecule has 0 fully saturated rings. The Kier molecular flexibility index (Phi) is 7.28. The molecule has 10 heteroatoms. The van der Waals surface area contributed by atoms with Crippen LogP contribution in [-0.4, -0.2) is 65.0 Å². The first-order chi connectivity index (χ1) is 14.7. The Morgan fingerprint density at radius 1 is 1.07 bits per heavy atom. The molecule has 0 saturated carbocycles. The van der Waals surface area contributed by atoms with E-state index in [9.17, 15) is 4.79 Å². The first kappa shape index (κ1) is 21.2. The number of aromatic nitrogens is 5. The van der Waals surface area contributed by atoms with E-state index >= 15 is 0 Å². The van der Waals surface area contributed by atoms with Gasteiger partial charge in [-0.05, 0) is 31.2 Å². The molecule has 3 aromatic rings. The van der Waals surface area contributed by atoms with Gasteiger partial charge in [0.1, 0.15) is 18.1 Å². The van der Waals surface area contributed by atoms with Crippen LogP contribution >= 0.6 is 0 Å². The van der Waals surface area contributed by atoms with Gasteiger partial charge in [-0.2, -0.15) is 0 Å². The van der Waals surface area contributed by atoms with E-state index in [4.69, 9.17) is 18.9 Å². The summed E-state index contributed by atoms with van der Waals surface area (Å²) < 4.78 is 22.3. The zero-order valence-corrected chi connectivity index (χ0v) is 17.1. The van der Waals surface area contributed by atoms with Crippen LogP contribution in [0.2, 0.25) is 0 Å². The summed E-state index contributed by atoms with van der Waals surface area (Å²) >= 11 is 0.